The summed E-state index contributed by atoms with van der Waals surface area (Å²) in [6.45, 7) is 4.73. The number of likely N-dealkylation sites (tertiary alicyclic amines) is 1. The predicted molar refractivity (Wildman–Crippen MR) is 97.7 cm³/mol. The van der Waals surface area contributed by atoms with Crippen molar-refractivity contribution >= 4 is 5.91 Å². The van der Waals surface area contributed by atoms with Gasteiger partial charge in [-0.15, -0.1) is 0 Å². The summed E-state index contributed by atoms with van der Waals surface area (Å²) in [5.74, 6) is 1.74. The Morgan fingerprint density at radius 2 is 1.88 bits per heavy atom. The Bertz CT molecular complexity index is 530. The molecule has 2 saturated heterocycles. The number of hydrogen-bond acceptors (Lipinski definition) is 4. The van der Waals surface area contributed by atoms with E-state index in [0.29, 0.717) is 18.4 Å². The summed E-state index contributed by atoms with van der Waals surface area (Å²) in [6.07, 6.45) is 3.77. The van der Waals surface area contributed by atoms with Crippen molar-refractivity contribution < 1.29 is 14.3 Å². The Morgan fingerprint density at radius 3 is 2.52 bits per heavy atom. The summed E-state index contributed by atoms with van der Waals surface area (Å²) in [6, 6.07) is 9.96. The molecule has 0 radical (unpaired) electrons. The van der Waals surface area contributed by atoms with E-state index in [1.165, 1.54) is 0 Å². The number of carbonyl (C=O) groups excluding carboxylic acids is 1. The number of ether oxygens (including phenoxy) is 2. The number of carbonyl (C=O) groups is 1. The second kappa shape index (κ2) is 8.68. The van der Waals surface area contributed by atoms with Crippen molar-refractivity contribution in [3.05, 3.63) is 30.3 Å². The van der Waals surface area contributed by atoms with Crippen molar-refractivity contribution in [2.75, 3.05) is 46.5 Å². The largest absolute Gasteiger partial charge is 0.493 e. The molecule has 2 aliphatic rings. The maximum Gasteiger partial charge on any atom is 0.231 e. The lowest BCUT2D eigenvalue weighted by Gasteiger charge is -2.42. The van der Waals surface area contributed by atoms with Crippen LogP contribution in [0.1, 0.15) is 25.7 Å². The van der Waals surface area contributed by atoms with E-state index < -0.39 is 0 Å². The van der Waals surface area contributed by atoms with Crippen LogP contribution in [-0.4, -0.2) is 57.3 Å². The highest BCUT2D eigenvalue weighted by atomic mass is 16.5. The van der Waals surface area contributed by atoms with Crippen LogP contribution in [0.4, 0.5) is 0 Å². The molecule has 5 heteroatoms. The SMILES string of the molecule is COCC1(C(=O)N2CCC(COc3ccccc3)CC2)CCNCC1. The molecule has 0 saturated carbocycles. The van der Waals surface area contributed by atoms with Gasteiger partial charge in [-0.2, -0.15) is 0 Å². The van der Waals surface area contributed by atoms with E-state index in [0.717, 1.165) is 64.2 Å². The second-order valence-electron chi connectivity index (χ2n) is 7.32. The smallest absolute Gasteiger partial charge is 0.231 e. The number of rotatable bonds is 6. The van der Waals surface area contributed by atoms with E-state index in [2.05, 4.69) is 10.2 Å². The average Bonchev–Trinajstić information content (AvgIpc) is 2.68. The molecule has 0 unspecified atom stereocenters. The van der Waals surface area contributed by atoms with Gasteiger partial charge in [-0.25, -0.2) is 0 Å². The van der Waals surface area contributed by atoms with Gasteiger partial charge in [0.25, 0.3) is 0 Å². The minimum absolute atomic E-state index is 0.290. The zero-order valence-electron chi connectivity index (χ0n) is 15.2. The third-order valence-corrected chi connectivity index (χ3v) is 5.57. The number of methoxy groups -OCH3 is 1. The summed E-state index contributed by atoms with van der Waals surface area (Å²) in [5.41, 5.74) is -0.326. The Balaban J connectivity index is 1.50. The number of piperidine rings is 2. The van der Waals surface area contributed by atoms with E-state index in [1.807, 2.05) is 30.3 Å². The lowest BCUT2D eigenvalue weighted by molar-refractivity contribution is -0.149. The molecule has 0 aliphatic carbocycles. The Labute approximate surface area is 150 Å². The van der Waals surface area contributed by atoms with Crippen molar-refractivity contribution in [3.63, 3.8) is 0 Å². The minimum atomic E-state index is -0.326. The van der Waals surface area contributed by atoms with Crippen molar-refractivity contribution in [1.82, 2.24) is 10.2 Å². The third-order valence-electron chi connectivity index (χ3n) is 5.57. The molecule has 2 fully saturated rings. The van der Waals surface area contributed by atoms with Gasteiger partial charge in [-0.05, 0) is 56.8 Å². The van der Waals surface area contributed by atoms with Crippen LogP contribution in [0.3, 0.4) is 0 Å². The first kappa shape index (κ1) is 18.2. The van der Waals surface area contributed by atoms with Crippen LogP contribution in [0, 0.1) is 11.3 Å². The van der Waals surface area contributed by atoms with Gasteiger partial charge in [0.05, 0.1) is 18.6 Å². The number of para-hydroxylation sites is 1. The lowest BCUT2D eigenvalue weighted by Crippen LogP contribution is -2.53. The quantitative estimate of drug-likeness (QED) is 0.859. The number of nitrogens with one attached hydrogen (secondary N) is 1. The molecule has 5 nitrogen and oxygen atoms in total. The highest BCUT2D eigenvalue weighted by molar-refractivity contribution is 5.83. The van der Waals surface area contributed by atoms with E-state index in [1.54, 1.807) is 7.11 Å². The van der Waals surface area contributed by atoms with Crippen LogP contribution in [0.25, 0.3) is 0 Å². The fraction of sp³-hybridized carbons (Fsp3) is 0.650. The van der Waals surface area contributed by atoms with Gasteiger partial charge in [0, 0.05) is 20.2 Å². The predicted octanol–water partition coefficient (Wildman–Crippen LogP) is 2.32. The van der Waals surface area contributed by atoms with Crippen LogP contribution in [0.5, 0.6) is 5.75 Å². The zero-order valence-corrected chi connectivity index (χ0v) is 15.2. The summed E-state index contributed by atoms with van der Waals surface area (Å²) >= 11 is 0. The Kier molecular flexibility index (Phi) is 6.32. The molecule has 1 amide bonds. The van der Waals surface area contributed by atoms with Crippen molar-refractivity contribution in [2.24, 2.45) is 11.3 Å². The normalized spacial score (nSPS) is 21.1. The maximum absolute atomic E-state index is 13.1. The van der Waals surface area contributed by atoms with Crippen LogP contribution >= 0.6 is 0 Å². The summed E-state index contributed by atoms with van der Waals surface area (Å²) < 4.78 is 11.3. The molecule has 2 heterocycles. The molecule has 3 rings (SSSR count). The zero-order chi connectivity index (χ0) is 17.5. The Hall–Kier alpha value is -1.59. The first-order valence-corrected chi connectivity index (χ1v) is 9.40. The van der Waals surface area contributed by atoms with Crippen LogP contribution in [-0.2, 0) is 9.53 Å². The van der Waals surface area contributed by atoms with Gasteiger partial charge in [0.1, 0.15) is 5.75 Å². The summed E-state index contributed by atoms with van der Waals surface area (Å²) in [4.78, 5) is 15.2. The molecule has 0 bridgehead atoms. The lowest BCUT2D eigenvalue weighted by atomic mass is 9.77. The van der Waals surface area contributed by atoms with Crippen molar-refractivity contribution in [1.29, 1.82) is 0 Å². The van der Waals surface area contributed by atoms with Gasteiger partial charge < -0.3 is 19.7 Å². The molecule has 0 spiro atoms. The second-order valence-corrected chi connectivity index (χ2v) is 7.32. The fourth-order valence-electron chi connectivity index (χ4n) is 3.97. The first-order valence-electron chi connectivity index (χ1n) is 9.40. The van der Waals surface area contributed by atoms with Crippen LogP contribution in [0.15, 0.2) is 30.3 Å². The molecule has 0 atom stereocenters. The van der Waals surface area contributed by atoms with E-state index >= 15 is 0 Å². The molecule has 1 aromatic rings. The first-order chi connectivity index (χ1) is 12.2. The van der Waals surface area contributed by atoms with Gasteiger partial charge in [0.2, 0.25) is 5.91 Å². The van der Waals surface area contributed by atoms with Gasteiger partial charge in [0.15, 0.2) is 0 Å². The minimum Gasteiger partial charge on any atom is -0.493 e. The standard InChI is InChI=1S/C20H30N2O3/c1-24-16-20(9-11-21-12-10-20)19(23)22-13-7-17(8-14-22)15-25-18-5-3-2-4-6-18/h2-6,17,21H,7-16H2,1H3. The molecular weight excluding hydrogens is 316 g/mol. The van der Waals surface area contributed by atoms with E-state index in [4.69, 9.17) is 9.47 Å². The number of hydrogen-bond donors (Lipinski definition) is 1. The highest BCUT2D eigenvalue weighted by Crippen LogP contribution is 2.33. The number of benzene rings is 1. The highest BCUT2D eigenvalue weighted by Gasteiger charge is 2.42. The topological polar surface area (TPSA) is 50.8 Å². The van der Waals surface area contributed by atoms with Gasteiger partial charge in [-0.1, -0.05) is 18.2 Å². The fourth-order valence-corrected chi connectivity index (χ4v) is 3.97. The summed E-state index contributed by atoms with van der Waals surface area (Å²) in [5, 5.41) is 3.35. The number of amides is 1. The molecule has 138 valence electrons. The maximum atomic E-state index is 13.1. The van der Waals surface area contributed by atoms with E-state index in [9.17, 15) is 4.79 Å². The van der Waals surface area contributed by atoms with Crippen molar-refractivity contribution in [2.45, 2.75) is 25.7 Å². The average molecular weight is 346 g/mol. The number of nitrogens with zero attached hydrogens (tertiary/aromatic N) is 1. The third kappa shape index (κ3) is 4.53. The Morgan fingerprint density at radius 1 is 1.20 bits per heavy atom. The van der Waals surface area contributed by atoms with Gasteiger partial charge in [-0.3, -0.25) is 4.79 Å². The van der Waals surface area contributed by atoms with E-state index in [-0.39, 0.29) is 5.41 Å². The molecule has 0 aromatic heterocycles. The molecule has 1 N–H and O–H groups in total. The molecule has 1 aromatic carbocycles. The summed E-state index contributed by atoms with van der Waals surface area (Å²) in [7, 11) is 1.70. The monoisotopic (exact) mass is 346 g/mol. The van der Waals surface area contributed by atoms with Crippen molar-refractivity contribution in [3.8, 4) is 5.75 Å². The molecular formula is C20H30N2O3. The van der Waals surface area contributed by atoms with Crippen LogP contribution in [0.2, 0.25) is 0 Å². The molecule has 2 aliphatic heterocycles. The van der Waals surface area contributed by atoms with Gasteiger partial charge >= 0.3 is 0 Å². The van der Waals surface area contributed by atoms with Crippen LogP contribution < -0.4 is 10.1 Å². The molecule has 25 heavy (non-hydrogen) atoms.